The van der Waals surface area contributed by atoms with E-state index >= 15 is 0 Å². The molecule has 0 spiro atoms. The first-order chi connectivity index (χ1) is 9.67. The van der Waals surface area contributed by atoms with E-state index in [-0.39, 0.29) is 0 Å². The first-order valence-corrected chi connectivity index (χ1v) is 9.16. The van der Waals surface area contributed by atoms with Gasteiger partial charge in [0.2, 0.25) is 0 Å². The molecular formula is C18H36N2. The van der Waals surface area contributed by atoms with Crippen LogP contribution in [0.25, 0.3) is 0 Å². The Labute approximate surface area is 126 Å². The van der Waals surface area contributed by atoms with E-state index in [2.05, 4.69) is 37.9 Å². The average molecular weight is 280 g/mol. The minimum absolute atomic E-state index is 0.741. The second-order valence-corrected chi connectivity index (χ2v) is 7.31. The fourth-order valence-electron chi connectivity index (χ4n) is 4.37. The van der Waals surface area contributed by atoms with Gasteiger partial charge in [0.15, 0.2) is 0 Å². The summed E-state index contributed by atoms with van der Waals surface area (Å²) in [6.45, 7) is 12.1. The average Bonchev–Trinajstić information content (AvgIpc) is 2.48. The zero-order chi connectivity index (χ0) is 14.5. The molecule has 2 aliphatic rings. The number of likely N-dealkylation sites (tertiary alicyclic amines) is 1. The van der Waals surface area contributed by atoms with Gasteiger partial charge in [0.05, 0.1) is 0 Å². The lowest BCUT2D eigenvalue weighted by atomic mass is 9.78. The van der Waals surface area contributed by atoms with Crippen molar-refractivity contribution in [1.82, 2.24) is 10.2 Å². The Morgan fingerprint density at radius 1 is 1.10 bits per heavy atom. The molecule has 2 rings (SSSR count). The van der Waals surface area contributed by atoms with Crippen molar-refractivity contribution in [3.63, 3.8) is 0 Å². The Bertz CT molecular complexity index is 279. The molecule has 0 aromatic heterocycles. The summed E-state index contributed by atoms with van der Waals surface area (Å²) in [5.74, 6) is 1.83. The molecular weight excluding hydrogens is 244 g/mol. The predicted molar refractivity (Wildman–Crippen MR) is 88.1 cm³/mol. The normalized spacial score (nSPS) is 39.9. The quantitative estimate of drug-likeness (QED) is 0.817. The summed E-state index contributed by atoms with van der Waals surface area (Å²) in [5, 5.41) is 3.86. The van der Waals surface area contributed by atoms with Crippen LogP contribution < -0.4 is 5.32 Å². The fourth-order valence-corrected chi connectivity index (χ4v) is 4.37. The van der Waals surface area contributed by atoms with Crippen molar-refractivity contribution in [2.24, 2.45) is 11.8 Å². The highest BCUT2D eigenvalue weighted by Crippen LogP contribution is 2.34. The molecule has 2 nitrogen and oxygen atoms in total. The standard InChI is InChI=1S/C18H36N2/c1-5-11-19-17-10-9-16(6-2)13-18(17)20-12-7-8-14(3)15(20)4/h14-19H,5-13H2,1-4H3. The number of hydrogen-bond donors (Lipinski definition) is 1. The van der Waals surface area contributed by atoms with Crippen LogP contribution in [0.5, 0.6) is 0 Å². The van der Waals surface area contributed by atoms with Gasteiger partial charge in [-0.3, -0.25) is 4.90 Å². The molecule has 2 fully saturated rings. The van der Waals surface area contributed by atoms with E-state index in [9.17, 15) is 0 Å². The van der Waals surface area contributed by atoms with Gasteiger partial charge in [0, 0.05) is 18.1 Å². The Hall–Kier alpha value is -0.0800. The summed E-state index contributed by atoms with van der Waals surface area (Å²) in [4.78, 5) is 2.86. The van der Waals surface area contributed by atoms with Crippen molar-refractivity contribution < 1.29 is 0 Å². The zero-order valence-corrected chi connectivity index (χ0v) is 14.2. The summed E-state index contributed by atoms with van der Waals surface area (Å²) in [7, 11) is 0. The largest absolute Gasteiger partial charge is 0.312 e. The highest BCUT2D eigenvalue weighted by atomic mass is 15.2. The Balaban J connectivity index is 2.04. The highest BCUT2D eigenvalue weighted by molar-refractivity contribution is 4.94. The molecule has 118 valence electrons. The maximum absolute atomic E-state index is 3.86. The molecule has 5 atom stereocenters. The van der Waals surface area contributed by atoms with Crippen LogP contribution >= 0.6 is 0 Å². The molecule has 0 aromatic carbocycles. The van der Waals surface area contributed by atoms with E-state index in [1.807, 2.05) is 0 Å². The molecule has 1 aliphatic carbocycles. The van der Waals surface area contributed by atoms with Gasteiger partial charge in [-0.25, -0.2) is 0 Å². The van der Waals surface area contributed by atoms with E-state index in [1.54, 1.807) is 0 Å². The summed E-state index contributed by atoms with van der Waals surface area (Å²) >= 11 is 0. The van der Waals surface area contributed by atoms with Gasteiger partial charge in [-0.05, 0) is 70.4 Å². The van der Waals surface area contributed by atoms with Crippen LogP contribution in [0.4, 0.5) is 0 Å². The van der Waals surface area contributed by atoms with E-state index in [4.69, 9.17) is 0 Å². The third-order valence-corrected chi connectivity index (χ3v) is 6.01. The van der Waals surface area contributed by atoms with Crippen molar-refractivity contribution in [2.45, 2.75) is 90.8 Å². The number of piperidine rings is 1. The molecule has 1 N–H and O–H groups in total. The van der Waals surface area contributed by atoms with Gasteiger partial charge in [-0.2, -0.15) is 0 Å². The van der Waals surface area contributed by atoms with Crippen LogP contribution in [0.15, 0.2) is 0 Å². The lowest BCUT2D eigenvalue weighted by Gasteiger charge is -2.49. The van der Waals surface area contributed by atoms with E-state index in [0.29, 0.717) is 0 Å². The second-order valence-electron chi connectivity index (χ2n) is 7.31. The SMILES string of the molecule is CCCNC1CCC(CC)CC1N1CCCC(C)C1C. The van der Waals surface area contributed by atoms with Crippen molar-refractivity contribution in [1.29, 1.82) is 0 Å². The summed E-state index contributed by atoms with van der Waals surface area (Å²) in [6, 6.07) is 2.30. The van der Waals surface area contributed by atoms with Crippen molar-refractivity contribution >= 4 is 0 Å². The molecule has 1 saturated heterocycles. The molecule has 20 heavy (non-hydrogen) atoms. The molecule has 0 bridgehead atoms. The highest BCUT2D eigenvalue weighted by Gasteiger charge is 2.37. The molecule has 2 heteroatoms. The molecule has 0 aromatic rings. The van der Waals surface area contributed by atoms with E-state index < -0.39 is 0 Å². The van der Waals surface area contributed by atoms with E-state index in [0.717, 1.165) is 30.0 Å². The fraction of sp³-hybridized carbons (Fsp3) is 1.00. The predicted octanol–water partition coefficient (Wildman–Crippen LogP) is 4.05. The van der Waals surface area contributed by atoms with Crippen LogP contribution in [0.1, 0.15) is 72.6 Å². The zero-order valence-electron chi connectivity index (χ0n) is 14.2. The third kappa shape index (κ3) is 3.76. The number of rotatable bonds is 5. The monoisotopic (exact) mass is 280 g/mol. The Morgan fingerprint density at radius 2 is 1.90 bits per heavy atom. The van der Waals surface area contributed by atoms with Crippen LogP contribution in [0, 0.1) is 11.8 Å². The lowest BCUT2D eigenvalue weighted by Crippen LogP contribution is -2.58. The summed E-state index contributed by atoms with van der Waals surface area (Å²) in [5.41, 5.74) is 0. The molecule has 5 unspecified atom stereocenters. The van der Waals surface area contributed by atoms with Crippen molar-refractivity contribution in [3.8, 4) is 0 Å². The first-order valence-electron chi connectivity index (χ1n) is 9.16. The third-order valence-electron chi connectivity index (χ3n) is 6.01. The van der Waals surface area contributed by atoms with Crippen LogP contribution in [0.2, 0.25) is 0 Å². The number of nitrogens with zero attached hydrogens (tertiary/aromatic N) is 1. The van der Waals surface area contributed by atoms with Crippen molar-refractivity contribution in [3.05, 3.63) is 0 Å². The topological polar surface area (TPSA) is 15.3 Å². The van der Waals surface area contributed by atoms with Crippen molar-refractivity contribution in [2.75, 3.05) is 13.1 Å². The Morgan fingerprint density at radius 3 is 2.60 bits per heavy atom. The van der Waals surface area contributed by atoms with Gasteiger partial charge in [-0.1, -0.05) is 27.2 Å². The van der Waals surface area contributed by atoms with E-state index in [1.165, 1.54) is 58.0 Å². The van der Waals surface area contributed by atoms with Gasteiger partial charge in [-0.15, -0.1) is 0 Å². The second kappa shape index (κ2) is 7.79. The van der Waals surface area contributed by atoms with Crippen LogP contribution in [-0.4, -0.2) is 36.1 Å². The van der Waals surface area contributed by atoms with Gasteiger partial charge >= 0.3 is 0 Å². The summed E-state index contributed by atoms with van der Waals surface area (Å²) in [6.07, 6.45) is 9.71. The number of hydrogen-bond acceptors (Lipinski definition) is 2. The maximum atomic E-state index is 3.86. The van der Waals surface area contributed by atoms with Crippen LogP contribution in [0.3, 0.4) is 0 Å². The molecule has 0 amide bonds. The number of nitrogens with one attached hydrogen (secondary N) is 1. The minimum atomic E-state index is 0.741. The lowest BCUT2D eigenvalue weighted by molar-refractivity contribution is 0.0202. The summed E-state index contributed by atoms with van der Waals surface area (Å²) < 4.78 is 0. The molecule has 1 heterocycles. The molecule has 1 saturated carbocycles. The van der Waals surface area contributed by atoms with Gasteiger partial charge in [0.25, 0.3) is 0 Å². The molecule has 0 radical (unpaired) electrons. The Kier molecular flexibility index (Phi) is 6.35. The van der Waals surface area contributed by atoms with Gasteiger partial charge < -0.3 is 5.32 Å². The first kappa shape index (κ1) is 16.3. The van der Waals surface area contributed by atoms with Crippen LogP contribution in [-0.2, 0) is 0 Å². The maximum Gasteiger partial charge on any atom is 0.0254 e. The minimum Gasteiger partial charge on any atom is -0.312 e. The van der Waals surface area contributed by atoms with Gasteiger partial charge in [0.1, 0.15) is 0 Å². The molecule has 1 aliphatic heterocycles. The smallest absolute Gasteiger partial charge is 0.0254 e.